The van der Waals surface area contributed by atoms with Crippen molar-refractivity contribution in [2.75, 3.05) is 54.1 Å². The number of phosphoric ester groups is 1. The van der Waals surface area contributed by atoms with Crippen molar-refractivity contribution >= 4 is 13.8 Å². The molecule has 2 unspecified atom stereocenters. The summed E-state index contributed by atoms with van der Waals surface area (Å²) in [5.74, 6) is -0.352. The van der Waals surface area contributed by atoms with Crippen LogP contribution in [0, 0.1) is 0 Å². The molecule has 0 aromatic carbocycles. The maximum Gasteiger partial charge on any atom is 0.306 e. The molecule has 0 aliphatic heterocycles. The first-order chi connectivity index (χ1) is 21.6. The number of rotatable bonds is 34. The third kappa shape index (κ3) is 34.4. The molecule has 0 rings (SSSR count). The molecular weight excluding hydrogens is 589 g/mol. The summed E-state index contributed by atoms with van der Waals surface area (Å²) in [6.45, 7) is 5.28. The van der Waals surface area contributed by atoms with E-state index >= 15 is 0 Å². The van der Waals surface area contributed by atoms with Crippen LogP contribution in [0.3, 0.4) is 0 Å². The molecule has 2 atom stereocenters. The molecule has 9 heteroatoms. The summed E-state index contributed by atoms with van der Waals surface area (Å²) in [5.41, 5.74) is 0. The zero-order valence-electron chi connectivity index (χ0n) is 30.1. The second kappa shape index (κ2) is 30.6. The third-order valence-corrected chi connectivity index (χ3v) is 8.78. The average molecular weight is 662 g/mol. The van der Waals surface area contributed by atoms with Gasteiger partial charge in [-0.25, -0.2) is 0 Å². The Bertz CT molecular complexity index is 741. The van der Waals surface area contributed by atoms with Crippen LogP contribution in [0.2, 0.25) is 0 Å². The number of unbranched alkanes of at least 4 members (excludes halogenated alkanes) is 18. The van der Waals surface area contributed by atoms with Crippen molar-refractivity contribution in [3.05, 3.63) is 12.2 Å². The van der Waals surface area contributed by atoms with Crippen LogP contribution in [0.25, 0.3) is 0 Å². The zero-order chi connectivity index (χ0) is 33.5. The number of likely N-dealkylation sites (N-methyl/N-ethyl adjacent to an activating group) is 1. The Morgan fingerprint density at radius 2 is 1.16 bits per heavy atom. The van der Waals surface area contributed by atoms with Crippen molar-refractivity contribution in [3.63, 3.8) is 0 Å². The van der Waals surface area contributed by atoms with E-state index in [4.69, 9.17) is 18.5 Å². The van der Waals surface area contributed by atoms with Crippen LogP contribution in [0.1, 0.15) is 155 Å². The fourth-order valence-electron chi connectivity index (χ4n) is 4.89. The van der Waals surface area contributed by atoms with Crippen LogP contribution in [0.15, 0.2) is 12.2 Å². The fraction of sp³-hybridized carbons (Fsp3) is 0.917. The van der Waals surface area contributed by atoms with E-state index in [1.807, 2.05) is 21.1 Å². The van der Waals surface area contributed by atoms with Gasteiger partial charge in [-0.05, 0) is 38.5 Å². The minimum atomic E-state index is -4.50. The molecule has 45 heavy (non-hydrogen) atoms. The van der Waals surface area contributed by atoms with Crippen molar-refractivity contribution in [3.8, 4) is 0 Å². The number of phosphoric acid groups is 1. The Hall–Kier alpha value is -0.760. The van der Waals surface area contributed by atoms with Crippen LogP contribution >= 0.6 is 7.82 Å². The van der Waals surface area contributed by atoms with Gasteiger partial charge in [0.2, 0.25) is 0 Å². The standard InChI is InChI=1S/C36H72NO7P/c1-6-8-10-12-13-14-15-16-17-18-19-20-21-22-23-24-25-26-28-31-41-33-35(44-36(38)29-27-11-9-7-2)34-43-45(39,40)42-32-30-37(3,4)5/h17-18,35H,6-16,19-34H2,1-5H3/b18-17-. The van der Waals surface area contributed by atoms with Crippen molar-refractivity contribution in [1.29, 1.82) is 0 Å². The number of nitrogens with zero attached hydrogens (tertiary/aromatic N) is 1. The summed E-state index contributed by atoms with van der Waals surface area (Å²) in [4.78, 5) is 24.5. The summed E-state index contributed by atoms with van der Waals surface area (Å²) in [6, 6.07) is 0. The fourth-order valence-corrected chi connectivity index (χ4v) is 5.62. The quantitative estimate of drug-likeness (QED) is 0.0223. The van der Waals surface area contributed by atoms with Crippen molar-refractivity contribution in [2.45, 2.75) is 161 Å². The van der Waals surface area contributed by atoms with Gasteiger partial charge in [-0.3, -0.25) is 9.36 Å². The molecule has 0 bridgehead atoms. The lowest BCUT2D eigenvalue weighted by Gasteiger charge is -2.28. The van der Waals surface area contributed by atoms with E-state index in [9.17, 15) is 14.3 Å². The minimum absolute atomic E-state index is 0.0272. The number of hydrogen-bond donors (Lipinski definition) is 0. The lowest BCUT2D eigenvalue weighted by atomic mass is 10.1. The predicted molar refractivity (Wildman–Crippen MR) is 185 cm³/mol. The number of ether oxygens (including phenoxy) is 2. The number of carbonyl (C=O) groups is 1. The number of carbonyl (C=O) groups excluding carboxylic acids is 1. The predicted octanol–water partition coefficient (Wildman–Crippen LogP) is 9.30. The van der Waals surface area contributed by atoms with Gasteiger partial charge in [0.05, 0.1) is 34.4 Å². The molecule has 0 aliphatic carbocycles. The van der Waals surface area contributed by atoms with E-state index < -0.39 is 13.9 Å². The van der Waals surface area contributed by atoms with E-state index in [0.29, 0.717) is 24.1 Å². The van der Waals surface area contributed by atoms with Gasteiger partial charge in [-0.15, -0.1) is 0 Å². The Labute approximate surface area is 278 Å². The second-order valence-corrected chi connectivity index (χ2v) is 15.0. The van der Waals surface area contributed by atoms with Crippen LogP contribution in [0.5, 0.6) is 0 Å². The van der Waals surface area contributed by atoms with Crippen molar-refractivity contribution in [1.82, 2.24) is 0 Å². The smallest absolute Gasteiger partial charge is 0.306 e. The minimum Gasteiger partial charge on any atom is -0.756 e. The highest BCUT2D eigenvalue weighted by molar-refractivity contribution is 7.45. The lowest BCUT2D eigenvalue weighted by Crippen LogP contribution is -2.37. The normalized spacial score (nSPS) is 14.2. The molecule has 8 nitrogen and oxygen atoms in total. The van der Waals surface area contributed by atoms with Gasteiger partial charge in [0, 0.05) is 13.0 Å². The highest BCUT2D eigenvalue weighted by Crippen LogP contribution is 2.38. The molecule has 0 radical (unpaired) electrons. The topological polar surface area (TPSA) is 94.1 Å². The summed E-state index contributed by atoms with van der Waals surface area (Å²) < 4.78 is 34.1. The number of allylic oxidation sites excluding steroid dienone is 2. The summed E-state index contributed by atoms with van der Waals surface area (Å²) in [6.07, 6.45) is 29.9. The monoisotopic (exact) mass is 662 g/mol. The molecule has 0 amide bonds. The third-order valence-electron chi connectivity index (χ3n) is 7.82. The zero-order valence-corrected chi connectivity index (χ0v) is 31.0. The number of esters is 1. The van der Waals surface area contributed by atoms with E-state index in [1.165, 1.54) is 96.3 Å². The first-order valence-electron chi connectivity index (χ1n) is 18.4. The largest absolute Gasteiger partial charge is 0.756 e. The lowest BCUT2D eigenvalue weighted by molar-refractivity contribution is -0.870. The highest BCUT2D eigenvalue weighted by atomic mass is 31.2. The Morgan fingerprint density at radius 3 is 1.69 bits per heavy atom. The molecule has 0 fully saturated rings. The van der Waals surface area contributed by atoms with E-state index in [0.717, 1.165) is 38.5 Å². The SMILES string of the molecule is CCCCCCCCC/C=C\CCCCCCCCCCOCC(COP(=O)([O-])OCC[N+](C)(C)C)OC(=O)CCCCCC. The van der Waals surface area contributed by atoms with E-state index in [-0.39, 0.29) is 25.8 Å². The average Bonchev–Trinajstić information content (AvgIpc) is 2.98. The number of hydrogen-bond acceptors (Lipinski definition) is 7. The van der Waals surface area contributed by atoms with Gasteiger partial charge < -0.3 is 27.9 Å². The van der Waals surface area contributed by atoms with Crippen LogP contribution in [-0.2, 0) is 27.9 Å². The molecule has 268 valence electrons. The first kappa shape index (κ1) is 44.2. The highest BCUT2D eigenvalue weighted by Gasteiger charge is 2.20. The molecular formula is C36H72NO7P. The summed E-state index contributed by atoms with van der Waals surface area (Å²) in [7, 11) is 1.35. The maximum atomic E-state index is 12.3. The summed E-state index contributed by atoms with van der Waals surface area (Å²) in [5, 5.41) is 0. The number of quaternary nitrogens is 1. The Balaban J connectivity index is 4.01. The molecule has 0 aromatic heterocycles. The van der Waals surface area contributed by atoms with Gasteiger partial charge >= 0.3 is 5.97 Å². The van der Waals surface area contributed by atoms with Gasteiger partial charge in [0.1, 0.15) is 19.3 Å². The maximum absolute atomic E-state index is 12.3. The second-order valence-electron chi connectivity index (χ2n) is 13.6. The Kier molecular flexibility index (Phi) is 30.0. The molecule has 0 heterocycles. The Morgan fingerprint density at radius 1 is 0.667 bits per heavy atom. The van der Waals surface area contributed by atoms with Crippen molar-refractivity contribution in [2.24, 2.45) is 0 Å². The molecule has 0 saturated heterocycles. The van der Waals surface area contributed by atoms with Crippen LogP contribution < -0.4 is 4.89 Å². The van der Waals surface area contributed by atoms with E-state index in [2.05, 4.69) is 26.0 Å². The van der Waals surface area contributed by atoms with Gasteiger partial charge in [0.15, 0.2) is 0 Å². The molecule has 0 N–H and O–H groups in total. The molecule has 0 spiro atoms. The summed E-state index contributed by atoms with van der Waals surface area (Å²) >= 11 is 0. The van der Waals surface area contributed by atoms with Gasteiger partial charge in [0.25, 0.3) is 7.82 Å². The van der Waals surface area contributed by atoms with Gasteiger partial charge in [-0.1, -0.05) is 122 Å². The first-order valence-corrected chi connectivity index (χ1v) is 19.9. The molecule has 0 aliphatic rings. The van der Waals surface area contributed by atoms with Gasteiger partial charge in [-0.2, -0.15) is 0 Å². The molecule has 0 saturated carbocycles. The van der Waals surface area contributed by atoms with Crippen LogP contribution in [-0.4, -0.2) is 70.7 Å². The van der Waals surface area contributed by atoms with Crippen molar-refractivity contribution < 1.29 is 37.3 Å². The van der Waals surface area contributed by atoms with Crippen LogP contribution in [0.4, 0.5) is 0 Å². The molecule has 0 aromatic rings. The van der Waals surface area contributed by atoms with E-state index in [1.54, 1.807) is 0 Å².